The Morgan fingerprint density at radius 3 is 2.79 bits per heavy atom. The molecule has 1 fully saturated rings. The second-order valence-electron chi connectivity index (χ2n) is 4.13. The van der Waals surface area contributed by atoms with Crippen molar-refractivity contribution < 1.29 is 4.52 Å². The first kappa shape index (κ1) is 9.65. The lowest BCUT2D eigenvalue weighted by atomic mass is 9.80. The molecular weight excluding hydrogens is 178 g/mol. The van der Waals surface area contributed by atoms with E-state index < -0.39 is 0 Å². The largest absolute Gasteiger partial charge is 0.343 e. The molecule has 14 heavy (non-hydrogen) atoms. The molecule has 2 N–H and O–H groups in total. The SMILES string of the molecule is CCC(N)(c1ncon1)C1CCCC1. The van der Waals surface area contributed by atoms with Crippen LogP contribution in [0.5, 0.6) is 0 Å². The van der Waals surface area contributed by atoms with E-state index in [1.807, 2.05) is 0 Å². The average Bonchev–Trinajstić information content (AvgIpc) is 2.88. The van der Waals surface area contributed by atoms with E-state index in [1.165, 1.54) is 32.1 Å². The highest BCUT2D eigenvalue weighted by Gasteiger charge is 2.39. The Kier molecular flexibility index (Phi) is 2.54. The summed E-state index contributed by atoms with van der Waals surface area (Å²) in [5.74, 6) is 1.19. The highest BCUT2D eigenvalue weighted by molar-refractivity contribution is 5.05. The molecule has 1 unspecified atom stereocenters. The van der Waals surface area contributed by atoms with Crippen LogP contribution >= 0.6 is 0 Å². The zero-order valence-electron chi connectivity index (χ0n) is 8.57. The van der Waals surface area contributed by atoms with Gasteiger partial charge in [-0.15, -0.1) is 0 Å². The fraction of sp³-hybridized carbons (Fsp3) is 0.800. The fourth-order valence-corrected chi connectivity index (χ4v) is 2.45. The minimum absolute atomic E-state index is 0.372. The Balaban J connectivity index is 2.24. The van der Waals surface area contributed by atoms with Crippen molar-refractivity contribution in [1.29, 1.82) is 0 Å². The van der Waals surface area contributed by atoms with E-state index in [1.54, 1.807) is 0 Å². The van der Waals surface area contributed by atoms with Crippen LogP contribution in [0.3, 0.4) is 0 Å². The average molecular weight is 195 g/mol. The van der Waals surface area contributed by atoms with Gasteiger partial charge in [0.05, 0.1) is 5.54 Å². The summed E-state index contributed by atoms with van der Waals surface area (Å²) in [5, 5.41) is 3.89. The standard InChI is InChI=1S/C10H17N3O/c1-2-10(11,8-5-3-4-6-8)9-12-7-14-13-9/h7-8H,2-6,11H2,1H3. The van der Waals surface area contributed by atoms with E-state index in [0.29, 0.717) is 11.7 Å². The maximum Gasteiger partial charge on any atom is 0.213 e. The fourth-order valence-electron chi connectivity index (χ4n) is 2.45. The molecule has 0 spiro atoms. The first-order chi connectivity index (χ1) is 6.77. The smallest absolute Gasteiger partial charge is 0.213 e. The lowest BCUT2D eigenvalue weighted by Gasteiger charge is -2.31. The topological polar surface area (TPSA) is 64.9 Å². The molecule has 4 nitrogen and oxygen atoms in total. The van der Waals surface area contributed by atoms with E-state index in [4.69, 9.17) is 10.3 Å². The molecule has 1 heterocycles. The number of nitrogens with two attached hydrogens (primary N) is 1. The summed E-state index contributed by atoms with van der Waals surface area (Å²) < 4.78 is 4.78. The van der Waals surface area contributed by atoms with Gasteiger partial charge in [0, 0.05) is 0 Å². The predicted octanol–water partition coefficient (Wildman–Crippen LogP) is 1.82. The van der Waals surface area contributed by atoms with Crippen molar-refractivity contribution >= 4 is 0 Å². The Hall–Kier alpha value is -0.900. The van der Waals surface area contributed by atoms with Crippen molar-refractivity contribution in [1.82, 2.24) is 10.1 Å². The molecule has 1 atom stereocenters. The van der Waals surface area contributed by atoms with Crippen LogP contribution in [-0.2, 0) is 5.54 Å². The maximum atomic E-state index is 6.38. The van der Waals surface area contributed by atoms with Gasteiger partial charge in [0.25, 0.3) is 0 Å². The van der Waals surface area contributed by atoms with Crippen LogP contribution in [0.4, 0.5) is 0 Å². The van der Waals surface area contributed by atoms with Crippen molar-refractivity contribution in [2.45, 2.75) is 44.6 Å². The maximum absolute atomic E-state index is 6.38. The zero-order valence-corrected chi connectivity index (χ0v) is 8.57. The van der Waals surface area contributed by atoms with Gasteiger partial charge in [-0.05, 0) is 25.2 Å². The molecule has 0 aromatic carbocycles. The zero-order chi connectivity index (χ0) is 10.0. The molecule has 0 radical (unpaired) electrons. The van der Waals surface area contributed by atoms with Crippen LogP contribution in [0.1, 0.15) is 44.9 Å². The summed E-state index contributed by atoms with van der Waals surface area (Å²) in [7, 11) is 0. The lowest BCUT2D eigenvalue weighted by molar-refractivity contribution is 0.244. The molecule has 1 saturated carbocycles. The van der Waals surface area contributed by atoms with Crippen LogP contribution in [-0.4, -0.2) is 10.1 Å². The minimum atomic E-state index is -0.372. The molecule has 0 aliphatic heterocycles. The molecule has 0 saturated heterocycles. The van der Waals surface area contributed by atoms with Gasteiger partial charge in [-0.1, -0.05) is 24.9 Å². The number of hydrogen-bond donors (Lipinski definition) is 1. The molecule has 2 rings (SSSR count). The number of nitrogens with zero attached hydrogens (tertiary/aromatic N) is 2. The van der Waals surface area contributed by atoms with Gasteiger partial charge < -0.3 is 10.3 Å². The number of hydrogen-bond acceptors (Lipinski definition) is 4. The van der Waals surface area contributed by atoms with Gasteiger partial charge in [-0.2, -0.15) is 4.98 Å². The van der Waals surface area contributed by atoms with Crippen molar-refractivity contribution in [3.63, 3.8) is 0 Å². The highest BCUT2D eigenvalue weighted by atomic mass is 16.5. The van der Waals surface area contributed by atoms with Crippen molar-refractivity contribution in [2.24, 2.45) is 11.7 Å². The van der Waals surface area contributed by atoms with Crippen LogP contribution < -0.4 is 5.73 Å². The summed E-state index contributed by atoms with van der Waals surface area (Å²) in [4.78, 5) is 4.10. The number of rotatable bonds is 3. The Morgan fingerprint density at radius 1 is 1.57 bits per heavy atom. The van der Waals surface area contributed by atoms with Crippen LogP contribution in [0.15, 0.2) is 10.9 Å². The second-order valence-corrected chi connectivity index (χ2v) is 4.13. The number of aromatic nitrogens is 2. The molecular formula is C10H17N3O. The summed E-state index contributed by atoms with van der Waals surface area (Å²) in [6.07, 6.45) is 7.18. The van der Waals surface area contributed by atoms with Crippen molar-refractivity contribution in [2.75, 3.05) is 0 Å². The monoisotopic (exact) mass is 195 g/mol. The highest BCUT2D eigenvalue weighted by Crippen LogP contribution is 2.39. The molecule has 1 aromatic heterocycles. The third kappa shape index (κ3) is 1.43. The molecule has 0 amide bonds. The van der Waals surface area contributed by atoms with Crippen molar-refractivity contribution in [3.8, 4) is 0 Å². The summed E-state index contributed by atoms with van der Waals surface area (Å²) in [5.41, 5.74) is 6.01. The second kappa shape index (κ2) is 3.69. The first-order valence-electron chi connectivity index (χ1n) is 5.33. The van der Waals surface area contributed by atoms with Gasteiger partial charge >= 0.3 is 0 Å². The summed E-state index contributed by atoms with van der Waals surface area (Å²) in [6.45, 7) is 2.09. The Bertz CT molecular complexity index is 280. The molecule has 1 aromatic rings. The third-order valence-corrected chi connectivity index (χ3v) is 3.45. The van der Waals surface area contributed by atoms with E-state index in [-0.39, 0.29) is 5.54 Å². The van der Waals surface area contributed by atoms with Crippen LogP contribution in [0.2, 0.25) is 0 Å². The molecule has 4 heteroatoms. The van der Waals surface area contributed by atoms with Crippen molar-refractivity contribution in [3.05, 3.63) is 12.2 Å². The molecule has 78 valence electrons. The Labute approximate surface area is 83.9 Å². The van der Waals surface area contributed by atoms with Gasteiger partial charge in [-0.25, -0.2) is 0 Å². The van der Waals surface area contributed by atoms with Crippen LogP contribution in [0.25, 0.3) is 0 Å². The summed E-state index contributed by atoms with van der Waals surface area (Å²) >= 11 is 0. The molecule has 1 aliphatic carbocycles. The van der Waals surface area contributed by atoms with Gasteiger partial charge in [0.15, 0.2) is 5.82 Å². The lowest BCUT2D eigenvalue weighted by Crippen LogP contribution is -2.43. The minimum Gasteiger partial charge on any atom is -0.343 e. The van der Waals surface area contributed by atoms with E-state index in [0.717, 1.165) is 6.42 Å². The Morgan fingerprint density at radius 2 is 2.29 bits per heavy atom. The van der Waals surface area contributed by atoms with E-state index in [9.17, 15) is 0 Å². The van der Waals surface area contributed by atoms with Gasteiger partial charge in [-0.3, -0.25) is 0 Å². The quantitative estimate of drug-likeness (QED) is 0.799. The summed E-state index contributed by atoms with van der Waals surface area (Å²) in [6, 6.07) is 0. The molecule has 0 bridgehead atoms. The first-order valence-corrected chi connectivity index (χ1v) is 5.33. The van der Waals surface area contributed by atoms with Gasteiger partial charge in [0.2, 0.25) is 6.39 Å². The third-order valence-electron chi connectivity index (χ3n) is 3.45. The molecule has 1 aliphatic rings. The van der Waals surface area contributed by atoms with Crippen LogP contribution in [0, 0.1) is 5.92 Å². The van der Waals surface area contributed by atoms with Gasteiger partial charge in [0.1, 0.15) is 0 Å². The van der Waals surface area contributed by atoms with E-state index >= 15 is 0 Å². The predicted molar refractivity (Wildman–Crippen MR) is 52.4 cm³/mol. The van der Waals surface area contributed by atoms with E-state index in [2.05, 4.69) is 17.1 Å². The normalized spacial score (nSPS) is 22.4.